The Balaban J connectivity index is 1.91. The molecule has 3 rings (SSSR count). The first-order valence-corrected chi connectivity index (χ1v) is 11.6. The standard InChI is InChI=1S/C21H19F5N2O4S/c1-21(25,26)13-6-8-16(28-20(13)32-12-5-7-14(22)15(23)9-12)19(29)27-17(11-3-4-11)10-18(24)33(2,30)31/h5-11,17H,3-4H2,1-2H3,(H,27,29)/b18-10+/t17-/m1/s1. The first kappa shape index (κ1) is 24.6. The number of amides is 1. The number of nitrogens with one attached hydrogen (secondary N) is 1. The lowest BCUT2D eigenvalue weighted by Crippen LogP contribution is -2.36. The molecule has 1 aliphatic carbocycles. The van der Waals surface area contributed by atoms with Crippen LogP contribution in [0.5, 0.6) is 11.6 Å². The van der Waals surface area contributed by atoms with Gasteiger partial charge in [0.1, 0.15) is 11.4 Å². The molecule has 1 heterocycles. The number of benzene rings is 1. The zero-order valence-corrected chi connectivity index (χ0v) is 18.2. The van der Waals surface area contributed by atoms with Gasteiger partial charge in [-0.1, -0.05) is 0 Å². The number of hydrogen-bond donors (Lipinski definition) is 1. The highest BCUT2D eigenvalue weighted by atomic mass is 32.2. The number of carbonyl (C=O) groups is 1. The van der Waals surface area contributed by atoms with Gasteiger partial charge in [0.25, 0.3) is 11.8 Å². The molecule has 1 aromatic carbocycles. The fourth-order valence-corrected chi connectivity index (χ4v) is 3.27. The van der Waals surface area contributed by atoms with Gasteiger partial charge in [-0.05, 0) is 49.1 Å². The maximum absolute atomic E-state index is 14.0. The number of nitrogens with zero attached hydrogens (tertiary/aromatic N) is 1. The van der Waals surface area contributed by atoms with Crippen molar-refractivity contribution >= 4 is 15.7 Å². The van der Waals surface area contributed by atoms with Gasteiger partial charge in [-0.25, -0.2) is 31.0 Å². The molecule has 1 N–H and O–H groups in total. The summed E-state index contributed by atoms with van der Waals surface area (Å²) in [6.07, 6.45) is 2.70. The van der Waals surface area contributed by atoms with Gasteiger partial charge in [-0.2, -0.15) is 4.39 Å². The smallest absolute Gasteiger partial charge is 0.275 e. The van der Waals surface area contributed by atoms with E-state index in [-0.39, 0.29) is 17.4 Å². The summed E-state index contributed by atoms with van der Waals surface area (Å²) in [5, 5.41) is 1.02. The summed E-state index contributed by atoms with van der Waals surface area (Å²) in [7, 11) is -4.11. The van der Waals surface area contributed by atoms with E-state index in [9.17, 15) is 35.2 Å². The van der Waals surface area contributed by atoms with Crippen molar-refractivity contribution in [2.45, 2.75) is 31.7 Å². The Kier molecular flexibility index (Phi) is 6.78. The van der Waals surface area contributed by atoms with Crippen LogP contribution in [0.4, 0.5) is 22.0 Å². The lowest BCUT2D eigenvalue weighted by molar-refractivity contribution is 0.0149. The molecule has 0 bridgehead atoms. The number of alkyl halides is 2. The number of hydrogen-bond acceptors (Lipinski definition) is 5. The predicted octanol–water partition coefficient (Wildman–Crippen LogP) is 4.63. The van der Waals surface area contributed by atoms with Crippen molar-refractivity contribution in [2.24, 2.45) is 5.92 Å². The zero-order valence-electron chi connectivity index (χ0n) is 17.4. The molecule has 178 valence electrons. The van der Waals surface area contributed by atoms with Gasteiger partial charge in [-0.15, -0.1) is 0 Å². The van der Waals surface area contributed by atoms with Crippen LogP contribution >= 0.6 is 0 Å². The molecule has 12 heteroatoms. The highest BCUT2D eigenvalue weighted by Gasteiger charge is 2.34. The summed E-state index contributed by atoms with van der Waals surface area (Å²) in [6.45, 7) is 0.559. The normalized spacial score (nSPS) is 15.8. The quantitative estimate of drug-likeness (QED) is 0.546. The summed E-state index contributed by atoms with van der Waals surface area (Å²) in [4.78, 5) is 16.4. The zero-order chi connectivity index (χ0) is 24.6. The van der Waals surface area contributed by atoms with Crippen LogP contribution in [-0.2, 0) is 15.8 Å². The summed E-state index contributed by atoms with van der Waals surface area (Å²) in [5.74, 6) is -8.05. The molecule has 1 saturated carbocycles. The molecule has 2 aromatic rings. The number of halogens is 5. The third-order valence-electron chi connectivity index (χ3n) is 4.76. The van der Waals surface area contributed by atoms with E-state index in [1.165, 1.54) is 0 Å². The van der Waals surface area contributed by atoms with E-state index >= 15 is 0 Å². The molecule has 0 saturated heterocycles. The lowest BCUT2D eigenvalue weighted by Gasteiger charge is -2.18. The Hall–Kier alpha value is -3.02. The molecule has 1 aliphatic rings. The highest BCUT2D eigenvalue weighted by Crippen LogP contribution is 2.37. The Bertz CT molecular complexity index is 1210. The Labute approximate surface area is 186 Å². The largest absolute Gasteiger partial charge is 0.438 e. The Morgan fingerprint density at radius 2 is 1.88 bits per heavy atom. The lowest BCUT2D eigenvalue weighted by atomic mass is 10.1. The molecule has 6 nitrogen and oxygen atoms in total. The summed E-state index contributed by atoms with van der Waals surface area (Å²) >= 11 is 0. The number of rotatable bonds is 8. The van der Waals surface area contributed by atoms with Gasteiger partial charge in [0, 0.05) is 19.2 Å². The second-order valence-corrected chi connectivity index (χ2v) is 9.63. The third-order valence-corrected chi connectivity index (χ3v) is 5.61. The molecular weight excluding hydrogens is 471 g/mol. The third kappa shape index (κ3) is 6.28. The van der Waals surface area contributed by atoms with Crippen molar-refractivity contribution in [1.29, 1.82) is 0 Å². The van der Waals surface area contributed by atoms with Crippen molar-refractivity contribution in [2.75, 3.05) is 6.26 Å². The maximum atomic E-state index is 14.0. The van der Waals surface area contributed by atoms with E-state index < -0.39 is 55.9 Å². The molecule has 0 unspecified atom stereocenters. The average Bonchev–Trinajstić information content (AvgIpc) is 3.54. The van der Waals surface area contributed by atoms with Gasteiger partial charge >= 0.3 is 0 Å². The monoisotopic (exact) mass is 490 g/mol. The van der Waals surface area contributed by atoms with Crippen molar-refractivity contribution in [3.63, 3.8) is 0 Å². The number of pyridine rings is 1. The number of carbonyl (C=O) groups excluding carboxylic acids is 1. The van der Waals surface area contributed by atoms with Gasteiger partial charge in [0.2, 0.25) is 20.9 Å². The molecule has 1 atom stereocenters. The molecule has 0 radical (unpaired) electrons. The Morgan fingerprint density at radius 1 is 1.21 bits per heavy atom. The van der Waals surface area contributed by atoms with Crippen LogP contribution < -0.4 is 10.1 Å². The van der Waals surface area contributed by atoms with Crippen molar-refractivity contribution < 1.29 is 39.9 Å². The maximum Gasteiger partial charge on any atom is 0.275 e. The summed E-state index contributed by atoms with van der Waals surface area (Å²) < 4.78 is 96.5. The van der Waals surface area contributed by atoms with Crippen LogP contribution in [0.15, 0.2) is 41.6 Å². The number of ether oxygens (including phenoxy) is 1. The fourth-order valence-electron chi connectivity index (χ4n) is 2.87. The van der Waals surface area contributed by atoms with Crippen LogP contribution in [0.1, 0.15) is 35.8 Å². The Morgan fingerprint density at radius 3 is 2.42 bits per heavy atom. The average molecular weight is 490 g/mol. The molecule has 0 spiro atoms. The summed E-state index contributed by atoms with van der Waals surface area (Å²) in [5.41, 5.74) is -1.11. The molecular formula is C21H19F5N2O4S. The van der Waals surface area contributed by atoms with E-state index in [2.05, 4.69) is 10.3 Å². The molecule has 33 heavy (non-hydrogen) atoms. The van der Waals surface area contributed by atoms with E-state index in [1.54, 1.807) is 0 Å². The molecule has 1 fully saturated rings. The second-order valence-electron chi connectivity index (χ2n) is 7.70. The molecule has 0 aliphatic heterocycles. The topological polar surface area (TPSA) is 85.4 Å². The summed E-state index contributed by atoms with van der Waals surface area (Å²) in [6, 6.07) is 3.26. The van der Waals surface area contributed by atoms with Crippen LogP contribution in [0.25, 0.3) is 0 Å². The number of aromatic nitrogens is 1. The van der Waals surface area contributed by atoms with E-state index in [0.717, 1.165) is 30.3 Å². The van der Waals surface area contributed by atoms with Crippen molar-refractivity contribution in [3.05, 3.63) is 64.5 Å². The van der Waals surface area contributed by atoms with Gasteiger partial charge in [0.05, 0.1) is 11.6 Å². The predicted molar refractivity (Wildman–Crippen MR) is 108 cm³/mol. The van der Waals surface area contributed by atoms with Crippen LogP contribution in [-0.4, -0.2) is 31.6 Å². The number of sulfone groups is 1. The molecule has 1 aromatic heterocycles. The minimum atomic E-state index is -4.11. The second kappa shape index (κ2) is 9.08. The van der Waals surface area contributed by atoms with Crippen LogP contribution in [0.3, 0.4) is 0 Å². The van der Waals surface area contributed by atoms with E-state index in [1.807, 2.05) is 0 Å². The fraction of sp³-hybridized carbons (Fsp3) is 0.333. The first-order valence-electron chi connectivity index (χ1n) is 9.66. The van der Waals surface area contributed by atoms with E-state index in [0.29, 0.717) is 32.1 Å². The van der Waals surface area contributed by atoms with Gasteiger partial charge < -0.3 is 10.1 Å². The van der Waals surface area contributed by atoms with Gasteiger partial charge in [0.15, 0.2) is 11.6 Å². The van der Waals surface area contributed by atoms with Crippen LogP contribution in [0, 0.1) is 17.6 Å². The van der Waals surface area contributed by atoms with Gasteiger partial charge in [-0.3, -0.25) is 4.79 Å². The SMILES string of the molecule is CC(F)(F)c1ccc(C(=O)N[C@H](/C=C(\F)S(C)(=O)=O)C2CC2)nc1Oc1ccc(F)c(F)c1. The highest BCUT2D eigenvalue weighted by molar-refractivity contribution is 7.94. The van der Waals surface area contributed by atoms with E-state index in [4.69, 9.17) is 4.74 Å². The first-order chi connectivity index (χ1) is 15.3. The minimum Gasteiger partial charge on any atom is -0.438 e. The van der Waals surface area contributed by atoms with Crippen LogP contribution in [0.2, 0.25) is 0 Å². The van der Waals surface area contributed by atoms with Crippen molar-refractivity contribution in [3.8, 4) is 11.6 Å². The minimum absolute atomic E-state index is 0.196. The molecule has 1 amide bonds. The van der Waals surface area contributed by atoms with Crippen molar-refractivity contribution in [1.82, 2.24) is 10.3 Å².